The summed E-state index contributed by atoms with van der Waals surface area (Å²) in [4.78, 5) is 16.9. The normalized spacial score (nSPS) is 22.2. The van der Waals surface area contributed by atoms with Gasteiger partial charge < -0.3 is 10.6 Å². The van der Waals surface area contributed by atoms with Gasteiger partial charge in [-0.15, -0.1) is 11.3 Å². The number of carbonyl (C=O) groups excluding carboxylic acids is 1. The van der Waals surface area contributed by atoms with E-state index in [2.05, 4.69) is 4.98 Å². The molecular formula is C8H11N3OS. The molecule has 2 heterocycles. The van der Waals surface area contributed by atoms with Crippen molar-refractivity contribution in [3.63, 3.8) is 0 Å². The Morgan fingerprint density at radius 1 is 1.77 bits per heavy atom. The fourth-order valence-corrected chi connectivity index (χ4v) is 2.47. The van der Waals surface area contributed by atoms with E-state index in [1.54, 1.807) is 22.4 Å². The summed E-state index contributed by atoms with van der Waals surface area (Å²) in [6, 6.07) is -0.213. The largest absolute Gasteiger partial charge is 0.351 e. The summed E-state index contributed by atoms with van der Waals surface area (Å²) >= 11 is 1.58. The minimum absolute atomic E-state index is 0.123. The van der Waals surface area contributed by atoms with E-state index in [1.807, 2.05) is 5.38 Å². The maximum absolute atomic E-state index is 11.0. The Hall–Kier alpha value is -1.10. The second-order valence-corrected chi connectivity index (χ2v) is 3.99. The van der Waals surface area contributed by atoms with Gasteiger partial charge in [-0.25, -0.2) is 9.78 Å². The highest BCUT2D eigenvalue weighted by Crippen LogP contribution is 2.32. The number of nitrogens with zero attached hydrogens (tertiary/aromatic N) is 2. The monoisotopic (exact) mass is 197 g/mol. The van der Waals surface area contributed by atoms with Crippen LogP contribution < -0.4 is 5.73 Å². The van der Waals surface area contributed by atoms with Crippen LogP contribution in [0.4, 0.5) is 4.79 Å². The first-order chi connectivity index (χ1) is 6.29. The van der Waals surface area contributed by atoms with E-state index < -0.39 is 0 Å². The van der Waals surface area contributed by atoms with Crippen molar-refractivity contribution in [2.75, 3.05) is 6.54 Å². The van der Waals surface area contributed by atoms with E-state index in [9.17, 15) is 4.79 Å². The summed E-state index contributed by atoms with van der Waals surface area (Å²) in [5.41, 5.74) is 5.26. The maximum Gasteiger partial charge on any atom is 0.315 e. The third kappa shape index (κ3) is 1.51. The van der Waals surface area contributed by atoms with Crippen LogP contribution in [-0.4, -0.2) is 22.5 Å². The molecule has 1 fully saturated rings. The molecule has 1 aromatic heterocycles. The molecule has 2 N–H and O–H groups in total. The molecular weight excluding hydrogens is 186 g/mol. The number of carbonyl (C=O) groups is 1. The molecule has 13 heavy (non-hydrogen) atoms. The zero-order chi connectivity index (χ0) is 9.26. The average molecular weight is 197 g/mol. The van der Waals surface area contributed by atoms with Crippen LogP contribution in [-0.2, 0) is 0 Å². The molecule has 0 aromatic carbocycles. The third-order valence-corrected chi connectivity index (χ3v) is 3.15. The topological polar surface area (TPSA) is 59.2 Å². The van der Waals surface area contributed by atoms with E-state index in [0.717, 1.165) is 24.4 Å². The first-order valence-electron chi connectivity index (χ1n) is 4.24. The number of amides is 2. The van der Waals surface area contributed by atoms with Crippen LogP contribution >= 0.6 is 11.3 Å². The number of nitrogens with two attached hydrogens (primary N) is 1. The van der Waals surface area contributed by atoms with Crippen molar-refractivity contribution >= 4 is 17.4 Å². The number of primary amides is 1. The highest BCUT2D eigenvalue weighted by atomic mass is 32.1. The summed E-state index contributed by atoms with van der Waals surface area (Å²) in [6.07, 6.45) is 3.77. The summed E-state index contributed by atoms with van der Waals surface area (Å²) < 4.78 is 0. The number of urea groups is 1. The zero-order valence-corrected chi connectivity index (χ0v) is 7.96. The van der Waals surface area contributed by atoms with Crippen LogP contribution in [0.15, 0.2) is 11.6 Å². The molecule has 1 unspecified atom stereocenters. The van der Waals surface area contributed by atoms with Gasteiger partial charge in [0.15, 0.2) is 0 Å². The SMILES string of the molecule is NC(=O)N1CCCC1c1nccs1. The predicted molar refractivity (Wildman–Crippen MR) is 50.4 cm³/mol. The van der Waals surface area contributed by atoms with Crippen LogP contribution in [0.1, 0.15) is 23.9 Å². The lowest BCUT2D eigenvalue weighted by Crippen LogP contribution is -2.34. The van der Waals surface area contributed by atoms with Gasteiger partial charge in [-0.05, 0) is 12.8 Å². The van der Waals surface area contributed by atoms with E-state index in [0.29, 0.717) is 0 Å². The molecule has 2 rings (SSSR count). The lowest BCUT2D eigenvalue weighted by molar-refractivity contribution is 0.203. The first-order valence-corrected chi connectivity index (χ1v) is 5.12. The Kier molecular flexibility index (Phi) is 2.18. The van der Waals surface area contributed by atoms with Gasteiger partial charge in [0.1, 0.15) is 5.01 Å². The van der Waals surface area contributed by atoms with Gasteiger partial charge >= 0.3 is 6.03 Å². The quantitative estimate of drug-likeness (QED) is 0.739. The molecule has 0 bridgehead atoms. The maximum atomic E-state index is 11.0. The minimum atomic E-state index is -0.335. The third-order valence-electron chi connectivity index (χ3n) is 2.27. The van der Waals surface area contributed by atoms with Crippen molar-refractivity contribution in [3.05, 3.63) is 16.6 Å². The van der Waals surface area contributed by atoms with Crippen molar-refractivity contribution in [1.82, 2.24) is 9.88 Å². The Labute approximate surface area is 80.4 Å². The number of rotatable bonds is 1. The molecule has 0 spiro atoms. The van der Waals surface area contributed by atoms with Gasteiger partial charge in [0, 0.05) is 18.1 Å². The van der Waals surface area contributed by atoms with Crippen molar-refractivity contribution in [1.29, 1.82) is 0 Å². The number of aromatic nitrogens is 1. The lowest BCUT2D eigenvalue weighted by Gasteiger charge is -2.20. The van der Waals surface area contributed by atoms with Gasteiger partial charge in [-0.2, -0.15) is 0 Å². The average Bonchev–Trinajstić information content (AvgIpc) is 2.74. The van der Waals surface area contributed by atoms with Gasteiger partial charge in [0.25, 0.3) is 0 Å². The Bertz CT molecular complexity index is 298. The van der Waals surface area contributed by atoms with Crippen molar-refractivity contribution in [3.8, 4) is 0 Å². The van der Waals surface area contributed by atoms with E-state index in [1.165, 1.54) is 0 Å². The molecule has 0 radical (unpaired) electrons. The van der Waals surface area contributed by atoms with Crippen LogP contribution in [0.2, 0.25) is 0 Å². The Balaban J connectivity index is 2.19. The minimum Gasteiger partial charge on any atom is -0.351 e. The highest BCUT2D eigenvalue weighted by molar-refractivity contribution is 7.09. The fraction of sp³-hybridized carbons (Fsp3) is 0.500. The van der Waals surface area contributed by atoms with Crippen LogP contribution in [0.25, 0.3) is 0 Å². The fourth-order valence-electron chi connectivity index (χ4n) is 1.69. The van der Waals surface area contributed by atoms with Gasteiger partial charge in [-0.1, -0.05) is 0 Å². The predicted octanol–water partition coefficient (Wildman–Crippen LogP) is 1.36. The summed E-state index contributed by atoms with van der Waals surface area (Å²) in [5, 5.41) is 2.92. The van der Waals surface area contributed by atoms with Gasteiger partial charge in [0.05, 0.1) is 6.04 Å². The second kappa shape index (κ2) is 3.33. The molecule has 4 nitrogen and oxygen atoms in total. The molecule has 5 heteroatoms. The smallest absolute Gasteiger partial charge is 0.315 e. The van der Waals surface area contributed by atoms with E-state index in [4.69, 9.17) is 5.73 Å². The number of thiazole rings is 1. The van der Waals surface area contributed by atoms with E-state index >= 15 is 0 Å². The van der Waals surface area contributed by atoms with Crippen LogP contribution in [0.5, 0.6) is 0 Å². The number of hydrogen-bond acceptors (Lipinski definition) is 3. The summed E-state index contributed by atoms with van der Waals surface area (Å²) in [6.45, 7) is 0.763. The van der Waals surface area contributed by atoms with Crippen molar-refractivity contribution < 1.29 is 4.79 Å². The standard InChI is InChI=1S/C8H11N3OS/c9-8(12)11-4-1-2-6(11)7-10-3-5-13-7/h3,5-6H,1-2,4H2,(H2,9,12). The first kappa shape index (κ1) is 8.50. The van der Waals surface area contributed by atoms with Crippen LogP contribution in [0.3, 0.4) is 0 Å². The summed E-state index contributed by atoms with van der Waals surface area (Å²) in [5.74, 6) is 0. The summed E-state index contributed by atoms with van der Waals surface area (Å²) in [7, 11) is 0. The number of hydrogen-bond donors (Lipinski definition) is 1. The van der Waals surface area contributed by atoms with Crippen LogP contribution in [0, 0.1) is 0 Å². The molecule has 0 saturated carbocycles. The highest BCUT2D eigenvalue weighted by Gasteiger charge is 2.29. The number of likely N-dealkylation sites (tertiary alicyclic amines) is 1. The Morgan fingerprint density at radius 3 is 3.23 bits per heavy atom. The van der Waals surface area contributed by atoms with Crippen molar-refractivity contribution in [2.45, 2.75) is 18.9 Å². The molecule has 0 aliphatic carbocycles. The van der Waals surface area contributed by atoms with Gasteiger partial charge in [0.2, 0.25) is 0 Å². The Morgan fingerprint density at radius 2 is 2.62 bits per heavy atom. The zero-order valence-electron chi connectivity index (χ0n) is 7.14. The lowest BCUT2D eigenvalue weighted by atomic mass is 10.2. The second-order valence-electron chi connectivity index (χ2n) is 3.06. The molecule has 2 amide bonds. The molecule has 1 saturated heterocycles. The molecule has 1 atom stereocenters. The van der Waals surface area contributed by atoms with E-state index in [-0.39, 0.29) is 12.1 Å². The van der Waals surface area contributed by atoms with Gasteiger partial charge in [-0.3, -0.25) is 0 Å². The van der Waals surface area contributed by atoms with Crippen molar-refractivity contribution in [2.24, 2.45) is 5.73 Å². The molecule has 1 aliphatic heterocycles. The molecule has 1 aliphatic rings. The molecule has 70 valence electrons. The molecule has 1 aromatic rings.